The molecule has 3 aromatic rings. The van der Waals surface area contributed by atoms with E-state index in [0.29, 0.717) is 27.4 Å². The largest absolute Gasteiger partial charge is 0.325 e. The van der Waals surface area contributed by atoms with E-state index in [9.17, 15) is 23.2 Å². The van der Waals surface area contributed by atoms with Crippen molar-refractivity contribution < 1.29 is 23.2 Å². The van der Waals surface area contributed by atoms with E-state index in [2.05, 4.69) is 5.32 Å². The molecular formula is C22H14F2N2O3S. The summed E-state index contributed by atoms with van der Waals surface area (Å²) in [4.78, 5) is 38.9. The summed E-state index contributed by atoms with van der Waals surface area (Å²) in [6.07, 6.45) is 0. The molecule has 0 spiro atoms. The highest BCUT2D eigenvalue weighted by molar-refractivity contribution is 8.00. The first-order valence-corrected chi connectivity index (χ1v) is 9.88. The number of nitrogens with one attached hydrogen (secondary N) is 1. The Kier molecular flexibility index (Phi) is 5.33. The highest BCUT2D eigenvalue weighted by Crippen LogP contribution is 2.30. The van der Waals surface area contributed by atoms with Crippen LogP contribution >= 0.6 is 11.8 Å². The maximum atomic E-state index is 13.3. The molecule has 0 fully saturated rings. The second-order valence-electron chi connectivity index (χ2n) is 6.45. The van der Waals surface area contributed by atoms with Crippen molar-refractivity contribution in [3.8, 4) is 0 Å². The van der Waals surface area contributed by atoms with Gasteiger partial charge in [-0.1, -0.05) is 18.2 Å². The molecular weight excluding hydrogens is 410 g/mol. The zero-order valence-corrected chi connectivity index (χ0v) is 16.2. The van der Waals surface area contributed by atoms with Crippen LogP contribution in [-0.2, 0) is 4.79 Å². The van der Waals surface area contributed by atoms with Gasteiger partial charge >= 0.3 is 0 Å². The molecule has 1 aliphatic heterocycles. The summed E-state index contributed by atoms with van der Waals surface area (Å²) in [5.41, 5.74) is 1.41. The maximum Gasteiger partial charge on any atom is 0.266 e. The Balaban J connectivity index is 1.45. The van der Waals surface area contributed by atoms with Crippen molar-refractivity contribution in [2.24, 2.45) is 0 Å². The highest BCUT2D eigenvalue weighted by atomic mass is 32.2. The van der Waals surface area contributed by atoms with Crippen LogP contribution in [0, 0.1) is 11.6 Å². The summed E-state index contributed by atoms with van der Waals surface area (Å²) in [6.45, 7) is 0. The summed E-state index contributed by atoms with van der Waals surface area (Å²) in [6, 6.07) is 16.4. The molecule has 150 valence electrons. The summed E-state index contributed by atoms with van der Waals surface area (Å²) in [5.74, 6) is -3.17. The summed E-state index contributed by atoms with van der Waals surface area (Å²) >= 11 is 1.06. The minimum Gasteiger partial charge on any atom is -0.325 e. The quantitative estimate of drug-likeness (QED) is 0.484. The molecule has 5 nitrogen and oxygen atoms in total. The molecule has 0 bridgehead atoms. The summed E-state index contributed by atoms with van der Waals surface area (Å²) in [7, 11) is 0. The van der Waals surface area contributed by atoms with Gasteiger partial charge in [0.1, 0.15) is 0 Å². The molecule has 1 N–H and O–H groups in total. The normalized spacial score (nSPS) is 12.8. The Labute approximate surface area is 174 Å². The minimum absolute atomic E-state index is 0.0255. The predicted octanol–water partition coefficient (Wildman–Crippen LogP) is 4.50. The van der Waals surface area contributed by atoms with Gasteiger partial charge in [-0.15, -0.1) is 11.8 Å². The molecule has 0 unspecified atom stereocenters. The zero-order chi connectivity index (χ0) is 21.3. The van der Waals surface area contributed by atoms with E-state index in [-0.39, 0.29) is 11.7 Å². The van der Waals surface area contributed by atoms with Crippen molar-refractivity contribution in [2.45, 2.75) is 4.90 Å². The second kappa shape index (κ2) is 8.08. The van der Waals surface area contributed by atoms with Crippen LogP contribution in [0.2, 0.25) is 0 Å². The van der Waals surface area contributed by atoms with Gasteiger partial charge in [-0.3, -0.25) is 14.4 Å². The number of rotatable bonds is 5. The fourth-order valence-corrected chi connectivity index (χ4v) is 3.78. The number of carbonyl (C=O) groups excluding carboxylic acids is 3. The number of carbonyl (C=O) groups is 3. The number of hydrogen-bond acceptors (Lipinski definition) is 4. The smallest absolute Gasteiger partial charge is 0.266 e. The molecule has 3 aromatic carbocycles. The van der Waals surface area contributed by atoms with Crippen molar-refractivity contribution in [1.29, 1.82) is 0 Å². The van der Waals surface area contributed by atoms with Gasteiger partial charge in [0, 0.05) is 10.6 Å². The number of anilines is 2. The molecule has 1 aliphatic rings. The van der Waals surface area contributed by atoms with Crippen LogP contribution in [0.5, 0.6) is 0 Å². The Morgan fingerprint density at radius 2 is 1.57 bits per heavy atom. The van der Waals surface area contributed by atoms with Gasteiger partial charge in [-0.2, -0.15) is 0 Å². The summed E-state index contributed by atoms with van der Waals surface area (Å²) in [5, 5.41) is 2.68. The van der Waals surface area contributed by atoms with Gasteiger partial charge in [-0.25, -0.2) is 13.7 Å². The molecule has 0 aromatic heterocycles. The lowest BCUT2D eigenvalue weighted by atomic mass is 10.1. The SMILES string of the molecule is O=C(CSc1ccc(F)c(F)c1)Nc1cccc(N2C(=O)c3ccccc3C2=O)c1. The second-order valence-corrected chi connectivity index (χ2v) is 7.50. The molecule has 0 aliphatic carbocycles. The number of benzene rings is 3. The third kappa shape index (κ3) is 3.81. The highest BCUT2D eigenvalue weighted by Gasteiger charge is 2.36. The molecule has 30 heavy (non-hydrogen) atoms. The number of fused-ring (bicyclic) bond motifs is 1. The molecule has 3 amide bonds. The van der Waals surface area contributed by atoms with Crippen LogP contribution in [0.1, 0.15) is 20.7 Å². The van der Waals surface area contributed by atoms with E-state index in [4.69, 9.17) is 0 Å². The lowest BCUT2D eigenvalue weighted by Gasteiger charge is -2.15. The van der Waals surface area contributed by atoms with E-state index in [1.807, 2.05) is 0 Å². The molecule has 4 rings (SSSR count). The molecule has 0 atom stereocenters. The molecule has 8 heteroatoms. The first-order valence-electron chi connectivity index (χ1n) is 8.89. The number of thioether (sulfide) groups is 1. The van der Waals surface area contributed by atoms with Crippen molar-refractivity contribution in [2.75, 3.05) is 16.0 Å². The Morgan fingerprint density at radius 3 is 2.23 bits per heavy atom. The first kappa shape index (κ1) is 19.8. The van der Waals surface area contributed by atoms with Gasteiger partial charge in [0.15, 0.2) is 11.6 Å². The van der Waals surface area contributed by atoms with E-state index in [0.717, 1.165) is 28.8 Å². The fraction of sp³-hybridized carbons (Fsp3) is 0.0455. The van der Waals surface area contributed by atoms with Crippen LogP contribution in [0.25, 0.3) is 0 Å². The van der Waals surface area contributed by atoms with Crippen LogP contribution in [-0.4, -0.2) is 23.5 Å². The standard InChI is InChI=1S/C22H14F2N2O3S/c23-18-9-8-15(11-19(18)24)30-12-20(27)25-13-4-3-5-14(10-13)26-21(28)16-6-1-2-7-17(16)22(26)29/h1-11H,12H2,(H,25,27). The van der Waals surface area contributed by atoms with Crippen molar-refractivity contribution >= 4 is 40.9 Å². The molecule has 0 radical (unpaired) electrons. The minimum atomic E-state index is -0.978. The molecule has 1 heterocycles. The predicted molar refractivity (Wildman–Crippen MR) is 110 cm³/mol. The fourth-order valence-electron chi connectivity index (χ4n) is 3.06. The van der Waals surface area contributed by atoms with Crippen molar-refractivity contribution in [3.63, 3.8) is 0 Å². The van der Waals surface area contributed by atoms with Crippen LogP contribution in [0.4, 0.5) is 20.2 Å². The Morgan fingerprint density at radius 1 is 0.867 bits per heavy atom. The van der Waals surface area contributed by atoms with Gasteiger partial charge in [0.2, 0.25) is 5.91 Å². The van der Waals surface area contributed by atoms with E-state index in [1.54, 1.807) is 42.5 Å². The Bertz CT molecular complexity index is 1150. The van der Waals surface area contributed by atoms with Gasteiger partial charge < -0.3 is 5.32 Å². The number of imide groups is 1. The lowest BCUT2D eigenvalue weighted by molar-refractivity contribution is -0.113. The number of halogens is 2. The number of amides is 3. The van der Waals surface area contributed by atoms with E-state index < -0.39 is 23.4 Å². The number of nitrogens with zero attached hydrogens (tertiary/aromatic N) is 1. The topological polar surface area (TPSA) is 66.5 Å². The maximum absolute atomic E-state index is 13.3. The van der Waals surface area contributed by atoms with Crippen molar-refractivity contribution in [1.82, 2.24) is 0 Å². The lowest BCUT2D eigenvalue weighted by Crippen LogP contribution is -2.29. The van der Waals surface area contributed by atoms with Crippen molar-refractivity contribution in [3.05, 3.63) is 89.5 Å². The van der Waals surface area contributed by atoms with E-state index in [1.165, 1.54) is 12.1 Å². The third-order valence-electron chi connectivity index (χ3n) is 4.44. The molecule has 0 saturated carbocycles. The zero-order valence-electron chi connectivity index (χ0n) is 15.4. The molecule has 0 saturated heterocycles. The first-order chi connectivity index (χ1) is 14.4. The van der Waals surface area contributed by atoms with Gasteiger partial charge in [0.25, 0.3) is 11.8 Å². The monoisotopic (exact) mass is 424 g/mol. The average molecular weight is 424 g/mol. The van der Waals surface area contributed by atoms with Gasteiger partial charge in [-0.05, 0) is 48.5 Å². The average Bonchev–Trinajstić information content (AvgIpc) is 3.00. The third-order valence-corrected chi connectivity index (χ3v) is 5.44. The van der Waals surface area contributed by atoms with Crippen LogP contribution in [0.3, 0.4) is 0 Å². The van der Waals surface area contributed by atoms with E-state index >= 15 is 0 Å². The Hall–Kier alpha value is -3.52. The van der Waals surface area contributed by atoms with Crippen LogP contribution in [0.15, 0.2) is 71.6 Å². The van der Waals surface area contributed by atoms with Gasteiger partial charge in [0.05, 0.1) is 22.6 Å². The number of hydrogen-bond donors (Lipinski definition) is 1. The van der Waals surface area contributed by atoms with Crippen LogP contribution < -0.4 is 10.2 Å². The summed E-state index contributed by atoms with van der Waals surface area (Å²) < 4.78 is 26.2.